The molecule has 1 aliphatic rings. The maximum Gasteiger partial charge on any atom is 0.223 e. The van der Waals surface area contributed by atoms with Crippen LogP contribution < -0.4 is 4.57 Å². The van der Waals surface area contributed by atoms with E-state index in [0.29, 0.717) is 5.92 Å². The van der Waals surface area contributed by atoms with Gasteiger partial charge >= 0.3 is 0 Å². The Morgan fingerprint density at radius 3 is 2.52 bits per heavy atom. The van der Waals surface area contributed by atoms with Crippen LogP contribution >= 0.6 is 11.3 Å². The maximum absolute atomic E-state index is 2.50. The lowest BCUT2D eigenvalue weighted by molar-refractivity contribution is -0.757. The van der Waals surface area contributed by atoms with Gasteiger partial charge in [-0.3, -0.25) is 0 Å². The van der Waals surface area contributed by atoms with Gasteiger partial charge in [-0.25, -0.2) is 0 Å². The van der Waals surface area contributed by atoms with E-state index < -0.39 is 0 Å². The highest BCUT2D eigenvalue weighted by Gasteiger charge is 2.47. The zero-order valence-corrected chi connectivity index (χ0v) is 15.6. The summed E-state index contributed by atoms with van der Waals surface area (Å²) >= 11 is 1.94. The van der Waals surface area contributed by atoms with E-state index in [-0.39, 0.29) is 5.54 Å². The number of thiophene rings is 1. The van der Waals surface area contributed by atoms with Crippen LogP contribution in [0.15, 0.2) is 48.7 Å². The van der Waals surface area contributed by atoms with Gasteiger partial charge in [-0.05, 0) is 23.1 Å². The molecule has 2 unspecified atom stereocenters. The minimum atomic E-state index is 0.146. The van der Waals surface area contributed by atoms with Crippen LogP contribution in [0.5, 0.6) is 0 Å². The van der Waals surface area contributed by atoms with E-state index >= 15 is 0 Å². The summed E-state index contributed by atoms with van der Waals surface area (Å²) in [6.07, 6.45) is 3.39. The van der Waals surface area contributed by atoms with E-state index in [0.717, 1.165) is 6.42 Å². The Hall–Kier alpha value is -1.67. The quantitative estimate of drug-likeness (QED) is 0.474. The third-order valence-electron chi connectivity index (χ3n) is 5.36. The fourth-order valence-corrected chi connectivity index (χ4v) is 5.08. The second-order valence-corrected chi connectivity index (χ2v) is 7.28. The van der Waals surface area contributed by atoms with Gasteiger partial charge in [0.25, 0.3) is 0 Å². The first-order valence-electron chi connectivity index (χ1n) is 8.70. The Bertz CT molecular complexity index is 833. The van der Waals surface area contributed by atoms with Gasteiger partial charge < -0.3 is 0 Å². The molecule has 23 heavy (non-hydrogen) atoms. The van der Waals surface area contributed by atoms with E-state index in [4.69, 9.17) is 0 Å². The minimum absolute atomic E-state index is 0.146. The average Bonchev–Trinajstić information content (AvgIpc) is 3.01. The lowest BCUT2D eigenvalue weighted by atomic mass is 9.75. The monoisotopic (exact) mass is 324 g/mol. The standard InChI is InChI=1S/C19H20NS.C2H6/c1-4-19(3)13(2)17-14-9-5-6-11-16(14)21-18(17)15-10-7-8-12-20(15)19;1-2/h5-13H,4H2,1-3H3;1-2H3/q+1;. The first-order valence-corrected chi connectivity index (χ1v) is 9.51. The number of fused-ring (bicyclic) bond motifs is 5. The highest BCUT2D eigenvalue weighted by molar-refractivity contribution is 7.22. The zero-order valence-electron chi connectivity index (χ0n) is 14.8. The van der Waals surface area contributed by atoms with Crippen molar-refractivity contribution < 1.29 is 4.57 Å². The van der Waals surface area contributed by atoms with E-state index in [1.54, 1.807) is 5.56 Å². The molecule has 2 heteroatoms. The Morgan fingerprint density at radius 2 is 1.78 bits per heavy atom. The Balaban J connectivity index is 0.000000753. The Labute approximate surface area is 143 Å². The zero-order chi connectivity index (χ0) is 16.6. The summed E-state index contributed by atoms with van der Waals surface area (Å²) in [7, 11) is 0. The summed E-state index contributed by atoms with van der Waals surface area (Å²) < 4.78 is 3.90. The first-order chi connectivity index (χ1) is 11.2. The van der Waals surface area contributed by atoms with Gasteiger partial charge in [0.15, 0.2) is 11.7 Å². The van der Waals surface area contributed by atoms with E-state index in [9.17, 15) is 0 Å². The first kappa shape index (κ1) is 16.2. The second kappa shape index (κ2) is 6.09. The number of rotatable bonds is 1. The summed E-state index contributed by atoms with van der Waals surface area (Å²) in [5, 5.41) is 1.44. The number of pyridine rings is 1. The molecule has 0 saturated carbocycles. The Kier molecular flexibility index (Phi) is 4.29. The van der Waals surface area contributed by atoms with Crippen molar-refractivity contribution in [3.05, 3.63) is 54.2 Å². The highest BCUT2D eigenvalue weighted by Crippen LogP contribution is 2.49. The van der Waals surface area contributed by atoms with Crippen molar-refractivity contribution in [1.82, 2.24) is 0 Å². The molecule has 0 bridgehead atoms. The molecule has 1 aliphatic heterocycles. The molecular weight excluding hydrogens is 298 g/mol. The fraction of sp³-hybridized carbons (Fsp3) is 0.381. The minimum Gasteiger partial charge on any atom is -0.192 e. The van der Waals surface area contributed by atoms with Crippen LogP contribution in [-0.2, 0) is 5.54 Å². The van der Waals surface area contributed by atoms with Gasteiger partial charge in [0.05, 0.1) is 0 Å². The summed E-state index contributed by atoms with van der Waals surface area (Å²) in [5.74, 6) is 0.522. The summed E-state index contributed by atoms with van der Waals surface area (Å²) in [6.45, 7) is 11.1. The largest absolute Gasteiger partial charge is 0.223 e. The van der Waals surface area contributed by atoms with Crippen molar-refractivity contribution in [3.63, 3.8) is 0 Å². The van der Waals surface area contributed by atoms with Gasteiger partial charge in [-0.2, -0.15) is 4.57 Å². The SMILES string of the molecule is CC.CCC1(C)C(C)c2c(sc3ccccc23)-c2cccc[n+]21. The van der Waals surface area contributed by atoms with Crippen molar-refractivity contribution in [2.24, 2.45) is 0 Å². The molecular formula is C21H26NS+. The molecule has 0 amide bonds. The molecule has 2 atom stereocenters. The van der Waals surface area contributed by atoms with Crippen molar-refractivity contribution >= 4 is 21.4 Å². The number of hydrogen-bond acceptors (Lipinski definition) is 1. The highest BCUT2D eigenvalue weighted by atomic mass is 32.1. The fourth-order valence-electron chi connectivity index (χ4n) is 3.76. The number of aromatic nitrogens is 1. The number of hydrogen-bond donors (Lipinski definition) is 0. The number of benzene rings is 1. The van der Waals surface area contributed by atoms with Crippen LogP contribution in [0.2, 0.25) is 0 Å². The third-order valence-corrected chi connectivity index (χ3v) is 6.57. The Morgan fingerprint density at radius 1 is 1.09 bits per heavy atom. The van der Waals surface area contributed by atoms with Gasteiger partial charge in [0.1, 0.15) is 4.88 Å². The van der Waals surface area contributed by atoms with Crippen molar-refractivity contribution in [2.45, 2.75) is 52.5 Å². The van der Waals surface area contributed by atoms with Crippen LogP contribution in [0.25, 0.3) is 20.7 Å². The molecule has 0 radical (unpaired) electrons. The molecule has 0 aliphatic carbocycles. The summed E-state index contributed by atoms with van der Waals surface area (Å²) in [5.41, 5.74) is 3.07. The van der Waals surface area contributed by atoms with E-state index in [1.807, 2.05) is 25.2 Å². The molecule has 120 valence electrons. The van der Waals surface area contributed by atoms with Gasteiger partial charge in [-0.1, -0.05) is 45.9 Å². The molecule has 0 N–H and O–H groups in total. The van der Waals surface area contributed by atoms with Gasteiger partial charge in [0.2, 0.25) is 5.69 Å². The van der Waals surface area contributed by atoms with Gasteiger partial charge in [-0.15, -0.1) is 11.3 Å². The molecule has 1 aromatic carbocycles. The number of nitrogens with zero attached hydrogens (tertiary/aromatic N) is 1. The topological polar surface area (TPSA) is 3.88 Å². The van der Waals surface area contributed by atoms with Crippen molar-refractivity contribution in [2.75, 3.05) is 0 Å². The lowest BCUT2D eigenvalue weighted by Crippen LogP contribution is -2.59. The maximum atomic E-state index is 2.50. The van der Waals surface area contributed by atoms with Crippen molar-refractivity contribution in [1.29, 1.82) is 0 Å². The average molecular weight is 325 g/mol. The van der Waals surface area contributed by atoms with Crippen molar-refractivity contribution in [3.8, 4) is 10.6 Å². The van der Waals surface area contributed by atoms with Crippen LogP contribution in [0.3, 0.4) is 0 Å². The van der Waals surface area contributed by atoms with Crippen LogP contribution in [0.4, 0.5) is 0 Å². The van der Waals surface area contributed by atoms with Crippen LogP contribution in [0, 0.1) is 0 Å². The predicted octanol–water partition coefficient (Wildman–Crippen LogP) is 6.12. The smallest absolute Gasteiger partial charge is 0.192 e. The van der Waals surface area contributed by atoms with Gasteiger partial charge in [0, 0.05) is 36.1 Å². The summed E-state index contributed by atoms with van der Waals surface area (Å²) in [6, 6.07) is 15.4. The molecule has 2 aromatic heterocycles. The molecule has 4 rings (SSSR count). The summed E-state index contributed by atoms with van der Waals surface area (Å²) in [4.78, 5) is 1.45. The normalized spacial score (nSPS) is 22.0. The molecule has 3 heterocycles. The molecule has 1 nitrogen and oxygen atoms in total. The lowest BCUT2D eigenvalue weighted by Gasteiger charge is -2.34. The van der Waals surface area contributed by atoms with Crippen LogP contribution in [-0.4, -0.2) is 0 Å². The molecule has 0 saturated heterocycles. The van der Waals surface area contributed by atoms with Crippen LogP contribution in [0.1, 0.15) is 52.5 Å². The third kappa shape index (κ3) is 2.23. The molecule has 0 fully saturated rings. The van der Waals surface area contributed by atoms with E-state index in [2.05, 4.69) is 74.0 Å². The molecule has 3 aromatic rings. The second-order valence-electron chi connectivity index (χ2n) is 6.23. The van der Waals surface area contributed by atoms with E-state index in [1.165, 1.54) is 20.7 Å². The molecule has 0 spiro atoms. The predicted molar refractivity (Wildman–Crippen MR) is 101 cm³/mol.